The molecular weight excluding hydrogens is 372 g/mol. The molecule has 2 N–H and O–H groups in total. The number of primary amides is 1. The van der Waals surface area contributed by atoms with Gasteiger partial charge in [-0.3, -0.25) is 9.59 Å². The Labute approximate surface area is 153 Å². The molecule has 6 nitrogen and oxygen atoms in total. The molecule has 0 radical (unpaired) electrons. The van der Waals surface area contributed by atoms with Gasteiger partial charge in [0.2, 0.25) is 11.8 Å². The Bertz CT molecular complexity index is 666. The molecule has 1 aliphatic heterocycles. The van der Waals surface area contributed by atoms with Gasteiger partial charge in [-0.1, -0.05) is 0 Å². The van der Waals surface area contributed by atoms with Crippen LogP contribution in [-0.2, 0) is 14.3 Å². The predicted molar refractivity (Wildman–Crippen MR) is 86.3 cm³/mol. The van der Waals surface area contributed by atoms with Crippen molar-refractivity contribution in [2.45, 2.75) is 31.0 Å². The van der Waals surface area contributed by atoms with Crippen LogP contribution in [0.3, 0.4) is 0 Å². The smallest absolute Gasteiger partial charge is 0.389 e. The lowest BCUT2D eigenvalue weighted by atomic mass is 9.97. The Morgan fingerprint density at radius 3 is 2.52 bits per heavy atom. The minimum Gasteiger partial charge on any atom is -0.490 e. The molecule has 1 unspecified atom stereocenters. The molecule has 0 bridgehead atoms. The number of halogens is 4. The molecular formula is C17H20F4N2O4. The summed E-state index contributed by atoms with van der Waals surface area (Å²) >= 11 is 0. The summed E-state index contributed by atoms with van der Waals surface area (Å²) in [6.45, 7) is -0.177. The summed E-state index contributed by atoms with van der Waals surface area (Å²) < 4.78 is 61.1. The number of morpholine rings is 1. The number of hydrogen-bond donors (Lipinski definition) is 1. The third-order valence-electron chi connectivity index (χ3n) is 4.04. The minimum atomic E-state index is -4.43. The molecule has 0 spiro atoms. The lowest BCUT2D eigenvalue weighted by Gasteiger charge is -2.42. The van der Waals surface area contributed by atoms with Gasteiger partial charge in [-0.2, -0.15) is 13.2 Å². The fourth-order valence-corrected chi connectivity index (χ4v) is 2.77. The third-order valence-corrected chi connectivity index (χ3v) is 4.04. The Morgan fingerprint density at radius 1 is 1.26 bits per heavy atom. The number of carbonyl (C=O) groups is 2. The molecule has 1 heterocycles. The minimum absolute atomic E-state index is 0.0256. The number of alkyl halides is 3. The van der Waals surface area contributed by atoms with Crippen LogP contribution < -0.4 is 10.5 Å². The van der Waals surface area contributed by atoms with Crippen molar-refractivity contribution in [1.82, 2.24) is 4.90 Å². The van der Waals surface area contributed by atoms with Crippen molar-refractivity contribution in [3.05, 3.63) is 30.1 Å². The van der Waals surface area contributed by atoms with E-state index in [1.165, 1.54) is 29.2 Å². The molecule has 10 heteroatoms. The van der Waals surface area contributed by atoms with Crippen molar-refractivity contribution in [2.24, 2.45) is 5.73 Å². The summed E-state index contributed by atoms with van der Waals surface area (Å²) in [5, 5.41) is 0. The summed E-state index contributed by atoms with van der Waals surface area (Å²) in [6.07, 6.45) is -6.62. The highest BCUT2D eigenvalue weighted by Gasteiger charge is 2.41. The predicted octanol–water partition coefficient (Wildman–Crippen LogP) is 2.02. The molecule has 1 aliphatic rings. The van der Waals surface area contributed by atoms with Crippen LogP contribution in [0.4, 0.5) is 17.6 Å². The van der Waals surface area contributed by atoms with Gasteiger partial charge in [0, 0.05) is 13.0 Å². The average Bonchev–Trinajstić information content (AvgIpc) is 2.58. The number of benzene rings is 1. The van der Waals surface area contributed by atoms with E-state index in [-0.39, 0.29) is 32.7 Å². The zero-order valence-electron chi connectivity index (χ0n) is 14.4. The maximum atomic E-state index is 13.0. The van der Waals surface area contributed by atoms with Gasteiger partial charge in [-0.25, -0.2) is 4.39 Å². The van der Waals surface area contributed by atoms with Gasteiger partial charge in [0.1, 0.15) is 23.8 Å². The third kappa shape index (κ3) is 6.70. The molecule has 150 valence electrons. The molecule has 27 heavy (non-hydrogen) atoms. The molecule has 1 saturated heterocycles. The van der Waals surface area contributed by atoms with E-state index < -0.39 is 42.3 Å². The maximum absolute atomic E-state index is 13.0. The lowest BCUT2D eigenvalue weighted by molar-refractivity contribution is -0.167. The van der Waals surface area contributed by atoms with Crippen LogP contribution in [-0.4, -0.2) is 54.8 Å². The van der Waals surface area contributed by atoms with Crippen molar-refractivity contribution in [2.75, 3.05) is 26.3 Å². The molecule has 0 saturated carbocycles. The van der Waals surface area contributed by atoms with E-state index in [4.69, 9.17) is 15.2 Å². The first-order valence-electron chi connectivity index (χ1n) is 8.24. The summed E-state index contributed by atoms with van der Waals surface area (Å²) in [7, 11) is 0. The van der Waals surface area contributed by atoms with Crippen molar-refractivity contribution in [3.63, 3.8) is 0 Å². The molecule has 2 rings (SSSR count). The Kier molecular flexibility index (Phi) is 6.63. The normalized spacial score (nSPS) is 20.4. The first-order chi connectivity index (χ1) is 12.6. The van der Waals surface area contributed by atoms with E-state index in [1.807, 2.05) is 0 Å². The highest BCUT2D eigenvalue weighted by atomic mass is 19.4. The Balaban J connectivity index is 2.05. The topological polar surface area (TPSA) is 81.9 Å². The van der Waals surface area contributed by atoms with E-state index in [2.05, 4.69) is 0 Å². The van der Waals surface area contributed by atoms with Gasteiger partial charge in [0.25, 0.3) is 0 Å². The highest BCUT2D eigenvalue weighted by molar-refractivity contribution is 5.77. The lowest BCUT2D eigenvalue weighted by Crippen LogP contribution is -2.58. The Morgan fingerprint density at radius 2 is 1.93 bits per heavy atom. The quantitative estimate of drug-likeness (QED) is 0.720. The molecule has 2 amide bonds. The maximum Gasteiger partial charge on any atom is 0.389 e. The van der Waals surface area contributed by atoms with E-state index in [0.717, 1.165) is 0 Å². The van der Waals surface area contributed by atoms with E-state index in [1.54, 1.807) is 0 Å². The number of hydrogen-bond acceptors (Lipinski definition) is 4. The number of rotatable bonds is 7. The van der Waals surface area contributed by atoms with Crippen LogP contribution in [0.5, 0.6) is 5.75 Å². The Hall–Kier alpha value is -2.36. The van der Waals surface area contributed by atoms with Crippen LogP contribution in [0.2, 0.25) is 0 Å². The standard InChI is InChI=1S/C17H20F4N2O4/c18-12-1-3-13(4-2-12)26-11-16(9-14(22)24)10-23(7-8-27-16)15(25)5-6-17(19,20)21/h1-4H,5-11H2,(H2,22,24). The molecule has 1 fully saturated rings. The van der Waals surface area contributed by atoms with Crippen LogP contribution in [0.1, 0.15) is 19.3 Å². The van der Waals surface area contributed by atoms with Gasteiger partial charge in [0.05, 0.1) is 26.0 Å². The number of amides is 2. The van der Waals surface area contributed by atoms with Crippen molar-refractivity contribution in [1.29, 1.82) is 0 Å². The van der Waals surface area contributed by atoms with Gasteiger partial charge in [-0.15, -0.1) is 0 Å². The summed E-state index contributed by atoms with van der Waals surface area (Å²) in [5.41, 5.74) is 3.97. The highest BCUT2D eigenvalue weighted by Crippen LogP contribution is 2.26. The zero-order chi connectivity index (χ0) is 20.1. The van der Waals surface area contributed by atoms with Gasteiger partial charge >= 0.3 is 6.18 Å². The van der Waals surface area contributed by atoms with E-state index >= 15 is 0 Å². The van der Waals surface area contributed by atoms with E-state index in [0.29, 0.717) is 5.75 Å². The zero-order valence-corrected chi connectivity index (χ0v) is 14.4. The number of nitrogens with two attached hydrogens (primary N) is 1. The SMILES string of the molecule is NC(=O)CC1(COc2ccc(F)cc2)CN(C(=O)CCC(F)(F)F)CCO1. The summed E-state index contributed by atoms with van der Waals surface area (Å²) in [6, 6.07) is 5.13. The molecule has 0 aromatic heterocycles. The van der Waals surface area contributed by atoms with Gasteiger partial charge < -0.3 is 20.1 Å². The second-order valence-electron chi connectivity index (χ2n) is 6.35. The first kappa shape index (κ1) is 20.9. The van der Waals surface area contributed by atoms with Gasteiger partial charge in [0.15, 0.2) is 0 Å². The number of nitrogens with zero attached hydrogens (tertiary/aromatic N) is 1. The van der Waals surface area contributed by atoms with Crippen LogP contribution in [0.15, 0.2) is 24.3 Å². The fourth-order valence-electron chi connectivity index (χ4n) is 2.77. The second kappa shape index (κ2) is 8.55. The summed E-state index contributed by atoms with van der Waals surface area (Å²) in [4.78, 5) is 24.8. The molecule has 0 aliphatic carbocycles. The average molecular weight is 392 g/mol. The van der Waals surface area contributed by atoms with Crippen LogP contribution >= 0.6 is 0 Å². The number of carbonyl (C=O) groups excluding carboxylic acids is 2. The van der Waals surface area contributed by atoms with Crippen molar-refractivity contribution >= 4 is 11.8 Å². The first-order valence-corrected chi connectivity index (χ1v) is 8.24. The molecule has 1 aromatic carbocycles. The largest absolute Gasteiger partial charge is 0.490 e. The van der Waals surface area contributed by atoms with Crippen LogP contribution in [0.25, 0.3) is 0 Å². The molecule has 1 aromatic rings. The van der Waals surface area contributed by atoms with Crippen molar-refractivity contribution < 1.29 is 36.6 Å². The van der Waals surface area contributed by atoms with Crippen molar-refractivity contribution in [3.8, 4) is 5.75 Å². The van der Waals surface area contributed by atoms with Gasteiger partial charge in [-0.05, 0) is 24.3 Å². The molecule has 1 atom stereocenters. The van der Waals surface area contributed by atoms with Crippen LogP contribution in [0, 0.1) is 5.82 Å². The second-order valence-corrected chi connectivity index (χ2v) is 6.35. The number of ether oxygens (including phenoxy) is 2. The summed E-state index contributed by atoms with van der Waals surface area (Å²) in [5.74, 6) is -1.54. The van der Waals surface area contributed by atoms with E-state index in [9.17, 15) is 27.2 Å². The monoisotopic (exact) mass is 392 g/mol. The fraction of sp³-hybridized carbons (Fsp3) is 0.529.